The molecule has 0 heterocycles. The molecule has 0 aromatic heterocycles. The molecule has 0 aliphatic rings. The van der Waals surface area contributed by atoms with Gasteiger partial charge in [-0.3, -0.25) is 0 Å². The van der Waals surface area contributed by atoms with Crippen LogP contribution in [-0.2, 0) is 0 Å². The Morgan fingerprint density at radius 2 is 1.17 bits per heavy atom. The lowest BCUT2D eigenvalue weighted by Crippen LogP contribution is -2.55. The smallest absolute Gasteiger partial charge is 0.0958 e. The summed E-state index contributed by atoms with van der Waals surface area (Å²) in [5.41, 5.74) is -1.34. The van der Waals surface area contributed by atoms with E-state index in [0.29, 0.717) is 25.7 Å². The van der Waals surface area contributed by atoms with Crippen molar-refractivity contribution in [1.82, 2.24) is 0 Å². The predicted octanol–water partition coefficient (Wildman–Crippen LogP) is 5.99. The van der Waals surface area contributed by atoms with Gasteiger partial charge in [0.15, 0.2) is 0 Å². The monoisotopic (exact) mass is 430 g/mol. The summed E-state index contributed by atoms with van der Waals surface area (Å²) in [4.78, 5) is 0. The van der Waals surface area contributed by atoms with Crippen molar-refractivity contribution in [3.05, 3.63) is 0 Å². The highest BCUT2D eigenvalue weighted by atomic mass is 16.3. The molecule has 0 spiro atoms. The van der Waals surface area contributed by atoms with Gasteiger partial charge in [0.05, 0.1) is 17.8 Å². The van der Waals surface area contributed by atoms with Crippen LogP contribution in [-0.4, -0.2) is 44.8 Å². The zero-order valence-electron chi connectivity index (χ0n) is 20.6. The van der Waals surface area contributed by atoms with Gasteiger partial charge >= 0.3 is 0 Å². The first-order chi connectivity index (χ1) is 14.4. The van der Waals surface area contributed by atoms with Crippen LogP contribution < -0.4 is 0 Å². The summed E-state index contributed by atoms with van der Waals surface area (Å²) in [5.74, 6) is -0.706. The zero-order valence-corrected chi connectivity index (χ0v) is 20.6. The van der Waals surface area contributed by atoms with E-state index in [-0.39, 0.29) is 18.4 Å². The molecule has 0 fully saturated rings. The lowest BCUT2D eigenvalue weighted by molar-refractivity contribution is -0.166. The fourth-order valence-corrected chi connectivity index (χ4v) is 4.90. The Morgan fingerprint density at radius 3 is 1.60 bits per heavy atom. The Hall–Kier alpha value is -0.160. The van der Waals surface area contributed by atoms with Crippen molar-refractivity contribution in [2.75, 3.05) is 6.61 Å². The molecule has 0 saturated carbocycles. The molecule has 0 aromatic rings. The molecule has 0 bridgehead atoms. The maximum absolute atomic E-state index is 11.6. The number of aliphatic hydroxyl groups excluding tert-OH is 3. The van der Waals surface area contributed by atoms with Crippen molar-refractivity contribution in [2.45, 2.75) is 148 Å². The molecule has 0 aliphatic carbocycles. The van der Waals surface area contributed by atoms with E-state index in [1.807, 2.05) is 20.8 Å². The first-order valence-corrected chi connectivity index (χ1v) is 13.1. The van der Waals surface area contributed by atoms with E-state index >= 15 is 0 Å². The molecule has 30 heavy (non-hydrogen) atoms. The van der Waals surface area contributed by atoms with Gasteiger partial charge in [0.1, 0.15) is 0 Å². The van der Waals surface area contributed by atoms with Crippen LogP contribution in [0.3, 0.4) is 0 Å². The lowest BCUT2D eigenvalue weighted by Gasteiger charge is -2.43. The minimum absolute atomic E-state index is 0.134. The van der Waals surface area contributed by atoms with Crippen LogP contribution in [0.25, 0.3) is 0 Å². The summed E-state index contributed by atoms with van der Waals surface area (Å²) in [7, 11) is 0. The van der Waals surface area contributed by atoms with Crippen molar-refractivity contribution in [3.8, 4) is 0 Å². The Morgan fingerprint density at radius 1 is 0.667 bits per heavy atom. The number of rotatable bonds is 21. The van der Waals surface area contributed by atoms with Crippen LogP contribution in [0.15, 0.2) is 0 Å². The van der Waals surface area contributed by atoms with Crippen LogP contribution in [0.5, 0.6) is 0 Å². The quantitative estimate of drug-likeness (QED) is 0.169. The van der Waals surface area contributed by atoms with E-state index < -0.39 is 17.8 Å². The third kappa shape index (κ3) is 10.9. The second kappa shape index (κ2) is 18.4. The van der Waals surface area contributed by atoms with Crippen LogP contribution in [0.4, 0.5) is 0 Å². The number of unbranched alkanes of at least 4 members (excludes halogenated alkanes) is 9. The highest BCUT2D eigenvalue weighted by Crippen LogP contribution is 2.37. The molecule has 5 atom stereocenters. The minimum Gasteiger partial charge on any atom is -0.396 e. The van der Waals surface area contributed by atoms with E-state index in [0.717, 1.165) is 32.1 Å². The van der Waals surface area contributed by atoms with Crippen molar-refractivity contribution < 1.29 is 20.4 Å². The van der Waals surface area contributed by atoms with Gasteiger partial charge < -0.3 is 20.4 Å². The first-order valence-electron chi connectivity index (χ1n) is 13.1. The maximum atomic E-state index is 11.6. The largest absolute Gasteiger partial charge is 0.396 e. The van der Waals surface area contributed by atoms with Crippen molar-refractivity contribution >= 4 is 0 Å². The van der Waals surface area contributed by atoms with Gasteiger partial charge in [0, 0.05) is 18.4 Å². The van der Waals surface area contributed by atoms with Gasteiger partial charge in [-0.2, -0.15) is 0 Å². The summed E-state index contributed by atoms with van der Waals surface area (Å²) in [5, 5.41) is 43.3. The lowest BCUT2D eigenvalue weighted by atomic mass is 9.71. The van der Waals surface area contributed by atoms with Crippen molar-refractivity contribution in [3.63, 3.8) is 0 Å². The Bertz CT molecular complexity index is 372. The van der Waals surface area contributed by atoms with Gasteiger partial charge in [-0.15, -0.1) is 0 Å². The maximum Gasteiger partial charge on any atom is 0.0958 e. The third-order valence-electron chi connectivity index (χ3n) is 6.97. The van der Waals surface area contributed by atoms with Gasteiger partial charge in [-0.05, 0) is 25.7 Å². The normalized spacial score (nSPS) is 18.0. The molecular formula is C26H54O4. The topological polar surface area (TPSA) is 80.9 Å². The van der Waals surface area contributed by atoms with E-state index in [9.17, 15) is 20.4 Å². The molecule has 0 amide bonds. The highest BCUT2D eigenvalue weighted by Gasteiger charge is 2.46. The van der Waals surface area contributed by atoms with E-state index in [1.54, 1.807) is 0 Å². The van der Waals surface area contributed by atoms with E-state index in [4.69, 9.17) is 0 Å². The molecule has 0 saturated heterocycles. The fraction of sp³-hybridized carbons (Fsp3) is 1.00. The first kappa shape index (κ1) is 29.8. The summed E-state index contributed by atoms with van der Waals surface area (Å²) >= 11 is 0. The summed E-state index contributed by atoms with van der Waals surface area (Å²) < 4.78 is 0. The second-order valence-corrected chi connectivity index (χ2v) is 9.46. The SMILES string of the molecule is CCCCCCCCCCCCC(O)(C(CC)CO)C(O)C(CCC)C(O)CCC. The summed E-state index contributed by atoms with van der Waals surface area (Å²) in [6, 6.07) is 0. The molecule has 4 heteroatoms. The molecule has 4 nitrogen and oxygen atoms in total. The highest BCUT2D eigenvalue weighted by molar-refractivity contribution is 4.97. The van der Waals surface area contributed by atoms with Gasteiger partial charge in [-0.1, -0.05) is 105 Å². The van der Waals surface area contributed by atoms with Crippen LogP contribution in [0.1, 0.15) is 130 Å². The minimum atomic E-state index is -1.34. The van der Waals surface area contributed by atoms with E-state index in [2.05, 4.69) is 6.92 Å². The molecule has 0 rings (SSSR count). The predicted molar refractivity (Wildman–Crippen MR) is 128 cm³/mol. The Kier molecular flexibility index (Phi) is 18.3. The summed E-state index contributed by atoms with van der Waals surface area (Å²) in [6.07, 6.45) is 14.7. The Balaban J connectivity index is 4.76. The van der Waals surface area contributed by atoms with Crippen LogP contribution in [0.2, 0.25) is 0 Å². The van der Waals surface area contributed by atoms with Gasteiger partial charge in [0.2, 0.25) is 0 Å². The molecule has 5 unspecified atom stereocenters. The van der Waals surface area contributed by atoms with Crippen molar-refractivity contribution in [1.29, 1.82) is 0 Å². The van der Waals surface area contributed by atoms with Gasteiger partial charge in [0.25, 0.3) is 0 Å². The van der Waals surface area contributed by atoms with Crippen LogP contribution >= 0.6 is 0 Å². The molecule has 4 N–H and O–H groups in total. The second-order valence-electron chi connectivity index (χ2n) is 9.46. The molecular weight excluding hydrogens is 376 g/mol. The number of hydrogen-bond donors (Lipinski definition) is 4. The number of aliphatic hydroxyl groups is 4. The molecule has 0 aromatic carbocycles. The van der Waals surface area contributed by atoms with Crippen molar-refractivity contribution in [2.24, 2.45) is 11.8 Å². The standard InChI is InChI=1S/C26H54O4/c1-5-9-10-11-12-13-14-15-16-17-20-26(30,22(8-4)21-27)25(29)23(18-6-2)24(28)19-7-3/h22-25,27-30H,5-21H2,1-4H3. The molecule has 182 valence electrons. The molecule has 0 aliphatic heterocycles. The molecule has 0 radical (unpaired) electrons. The summed E-state index contributed by atoms with van der Waals surface area (Å²) in [6.45, 7) is 8.13. The average Bonchev–Trinajstić information content (AvgIpc) is 2.73. The fourth-order valence-electron chi connectivity index (χ4n) is 4.90. The zero-order chi connectivity index (χ0) is 22.8. The van der Waals surface area contributed by atoms with Gasteiger partial charge in [-0.25, -0.2) is 0 Å². The third-order valence-corrected chi connectivity index (χ3v) is 6.97. The van der Waals surface area contributed by atoms with E-state index in [1.165, 1.54) is 44.9 Å². The Labute approximate surface area is 187 Å². The number of hydrogen-bond acceptors (Lipinski definition) is 4. The van der Waals surface area contributed by atoms with Crippen LogP contribution in [0, 0.1) is 11.8 Å². The average molecular weight is 431 g/mol.